The lowest BCUT2D eigenvalue weighted by atomic mass is 9.95. The number of hydrogen-bond acceptors (Lipinski definition) is 4. The van der Waals surface area contributed by atoms with Crippen molar-refractivity contribution in [3.05, 3.63) is 70.3 Å². The van der Waals surface area contributed by atoms with Crippen LogP contribution in [0.5, 0.6) is 0 Å². The third-order valence-electron chi connectivity index (χ3n) is 4.05. The molecule has 0 fully saturated rings. The number of nitrogens with zero attached hydrogens (tertiary/aromatic N) is 1. The van der Waals surface area contributed by atoms with Crippen molar-refractivity contribution in [2.45, 2.75) is 12.8 Å². The van der Waals surface area contributed by atoms with Crippen LogP contribution in [0.2, 0.25) is 5.02 Å². The van der Waals surface area contributed by atoms with Crippen LogP contribution in [0.25, 0.3) is 11.3 Å². The van der Waals surface area contributed by atoms with Gasteiger partial charge in [-0.3, -0.25) is 9.59 Å². The Balaban J connectivity index is 1.75. The summed E-state index contributed by atoms with van der Waals surface area (Å²) in [5.74, 6) is -2.87. The van der Waals surface area contributed by atoms with E-state index in [1.54, 1.807) is 17.5 Å². The third-order valence-corrected chi connectivity index (χ3v) is 5.13. The summed E-state index contributed by atoms with van der Waals surface area (Å²) in [6.45, 7) is 0. The summed E-state index contributed by atoms with van der Waals surface area (Å²) >= 11 is 7.38. The van der Waals surface area contributed by atoms with E-state index in [4.69, 9.17) is 16.7 Å². The number of amides is 1. The number of carbonyl (C=O) groups is 2. The van der Waals surface area contributed by atoms with Gasteiger partial charge in [0.05, 0.1) is 18.0 Å². The number of halogens is 2. The van der Waals surface area contributed by atoms with Crippen LogP contribution in [0.4, 0.5) is 9.52 Å². The van der Waals surface area contributed by atoms with E-state index in [9.17, 15) is 14.0 Å². The zero-order valence-corrected chi connectivity index (χ0v) is 16.1. The van der Waals surface area contributed by atoms with Crippen LogP contribution in [-0.4, -0.2) is 22.0 Å². The molecule has 3 rings (SSSR count). The van der Waals surface area contributed by atoms with Gasteiger partial charge in [-0.15, -0.1) is 11.3 Å². The number of carbonyl (C=O) groups excluding carboxylic acids is 1. The second-order valence-corrected chi connectivity index (χ2v) is 7.40. The van der Waals surface area contributed by atoms with Crippen LogP contribution in [0.3, 0.4) is 0 Å². The van der Waals surface area contributed by atoms with E-state index in [0.717, 1.165) is 5.56 Å². The average molecular weight is 419 g/mol. The van der Waals surface area contributed by atoms with Crippen LogP contribution in [0.1, 0.15) is 12.0 Å². The number of aliphatic carboxylic acids is 1. The predicted octanol–water partition coefficient (Wildman–Crippen LogP) is 4.87. The van der Waals surface area contributed by atoms with Crippen molar-refractivity contribution in [1.82, 2.24) is 4.98 Å². The molecule has 2 aromatic carbocycles. The molecule has 0 aliphatic carbocycles. The summed E-state index contributed by atoms with van der Waals surface area (Å²) in [4.78, 5) is 28.1. The minimum atomic E-state index is -1.10. The second-order valence-electron chi connectivity index (χ2n) is 6.14. The van der Waals surface area contributed by atoms with Crippen molar-refractivity contribution in [2.24, 2.45) is 5.92 Å². The SMILES string of the molecule is O=C(O)CC(Cc1cccc(F)c1)C(=O)Nc1nc(-c2ccccc2Cl)cs1. The van der Waals surface area contributed by atoms with Gasteiger partial charge in [-0.1, -0.05) is 41.9 Å². The van der Waals surface area contributed by atoms with Crippen LogP contribution in [-0.2, 0) is 16.0 Å². The number of aromatic nitrogens is 1. The molecule has 1 heterocycles. The first-order valence-corrected chi connectivity index (χ1v) is 9.65. The molecular formula is C20H16ClFN2O3S. The molecule has 2 N–H and O–H groups in total. The minimum Gasteiger partial charge on any atom is -0.481 e. The Morgan fingerprint density at radius 1 is 1.21 bits per heavy atom. The van der Waals surface area contributed by atoms with Crippen LogP contribution in [0, 0.1) is 11.7 Å². The normalized spacial score (nSPS) is 11.8. The Hall–Kier alpha value is -2.77. The molecule has 0 bridgehead atoms. The van der Waals surface area contributed by atoms with Gasteiger partial charge in [0.2, 0.25) is 5.91 Å². The van der Waals surface area contributed by atoms with Crippen LogP contribution >= 0.6 is 22.9 Å². The topological polar surface area (TPSA) is 79.3 Å². The summed E-state index contributed by atoms with van der Waals surface area (Å²) in [6, 6.07) is 13.0. The van der Waals surface area contributed by atoms with Gasteiger partial charge in [0, 0.05) is 16.0 Å². The van der Waals surface area contributed by atoms with Gasteiger partial charge < -0.3 is 10.4 Å². The van der Waals surface area contributed by atoms with E-state index < -0.39 is 23.6 Å². The molecule has 1 atom stereocenters. The van der Waals surface area contributed by atoms with Gasteiger partial charge in [0.1, 0.15) is 5.82 Å². The maximum atomic E-state index is 13.4. The van der Waals surface area contributed by atoms with E-state index in [2.05, 4.69) is 10.3 Å². The third kappa shape index (κ3) is 5.15. The highest BCUT2D eigenvalue weighted by Crippen LogP contribution is 2.30. The minimum absolute atomic E-state index is 0.110. The molecule has 0 saturated carbocycles. The molecule has 3 aromatic rings. The first kappa shape index (κ1) is 20.0. The molecule has 0 saturated heterocycles. The van der Waals surface area contributed by atoms with Crippen molar-refractivity contribution in [2.75, 3.05) is 5.32 Å². The Morgan fingerprint density at radius 3 is 2.71 bits per heavy atom. The lowest BCUT2D eigenvalue weighted by molar-refractivity contribution is -0.140. The molecule has 144 valence electrons. The van der Waals surface area contributed by atoms with E-state index >= 15 is 0 Å². The number of nitrogens with one attached hydrogen (secondary N) is 1. The van der Waals surface area contributed by atoms with Crippen LogP contribution < -0.4 is 5.32 Å². The first-order valence-electron chi connectivity index (χ1n) is 8.40. The monoisotopic (exact) mass is 418 g/mol. The summed E-state index contributed by atoms with van der Waals surface area (Å²) in [7, 11) is 0. The maximum Gasteiger partial charge on any atom is 0.304 e. The molecule has 8 heteroatoms. The number of carboxylic acids is 1. The summed E-state index contributed by atoms with van der Waals surface area (Å²) in [6.07, 6.45) is -0.260. The Bertz CT molecular complexity index is 1010. The molecule has 1 unspecified atom stereocenters. The standard InChI is InChI=1S/C20H16ClFN2O3S/c21-16-7-2-1-6-15(16)17-11-28-20(23-17)24-19(27)13(10-18(25)26)8-12-4-3-5-14(22)9-12/h1-7,9,11,13H,8,10H2,(H,25,26)(H,23,24,27). The lowest BCUT2D eigenvalue weighted by Gasteiger charge is -2.14. The highest BCUT2D eigenvalue weighted by molar-refractivity contribution is 7.14. The van der Waals surface area contributed by atoms with E-state index in [1.807, 2.05) is 18.2 Å². The van der Waals surface area contributed by atoms with E-state index in [0.29, 0.717) is 21.4 Å². The summed E-state index contributed by atoms with van der Waals surface area (Å²) in [5, 5.41) is 14.4. The zero-order valence-electron chi connectivity index (χ0n) is 14.6. The number of benzene rings is 2. The average Bonchev–Trinajstić information content (AvgIpc) is 3.09. The van der Waals surface area contributed by atoms with E-state index in [-0.39, 0.29) is 12.8 Å². The molecule has 5 nitrogen and oxygen atoms in total. The van der Waals surface area contributed by atoms with Gasteiger partial charge in [-0.25, -0.2) is 9.37 Å². The zero-order chi connectivity index (χ0) is 20.1. The maximum absolute atomic E-state index is 13.4. The van der Waals surface area contributed by atoms with Crippen molar-refractivity contribution in [3.63, 3.8) is 0 Å². The summed E-state index contributed by atoms with van der Waals surface area (Å²) in [5.41, 5.74) is 1.91. The Kier molecular flexibility index (Phi) is 6.38. The van der Waals surface area contributed by atoms with Gasteiger partial charge in [-0.05, 0) is 30.2 Å². The van der Waals surface area contributed by atoms with Crippen molar-refractivity contribution >= 4 is 39.9 Å². The predicted molar refractivity (Wildman–Crippen MR) is 107 cm³/mol. The fourth-order valence-corrected chi connectivity index (χ4v) is 3.69. The number of carboxylic acid groups (broad SMARTS) is 1. The summed E-state index contributed by atoms with van der Waals surface area (Å²) < 4.78 is 13.4. The second kappa shape index (κ2) is 8.95. The Labute approximate surface area is 169 Å². The van der Waals surface area contributed by atoms with Gasteiger partial charge in [0.15, 0.2) is 5.13 Å². The molecule has 0 spiro atoms. The van der Waals surface area contributed by atoms with Crippen molar-refractivity contribution in [3.8, 4) is 11.3 Å². The molecule has 28 heavy (non-hydrogen) atoms. The lowest BCUT2D eigenvalue weighted by Crippen LogP contribution is -2.27. The molecule has 1 amide bonds. The molecule has 0 aliphatic rings. The molecule has 0 aliphatic heterocycles. The smallest absolute Gasteiger partial charge is 0.304 e. The molecular weight excluding hydrogens is 403 g/mol. The number of rotatable bonds is 7. The highest BCUT2D eigenvalue weighted by atomic mass is 35.5. The first-order chi connectivity index (χ1) is 13.4. The number of thiazole rings is 1. The van der Waals surface area contributed by atoms with E-state index in [1.165, 1.54) is 29.5 Å². The Morgan fingerprint density at radius 2 is 2.00 bits per heavy atom. The highest BCUT2D eigenvalue weighted by Gasteiger charge is 2.23. The molecule has 0 radical (unpaired) electrons. The van der Waals surface area contributed by atoms with Crippen molar-refractivity contribution < 1.29 is 19.1 Å². The van der Waals surface area contributed by atoms with Crippen molar-refractivity contribution in [1.29, 1.82) is 0 Å². The van der Waals surface area contributed by atoms with Gasteiger partial charge >= 0.3 is 5.97 Å². The van der Waals surface area contributed by atoms with Gasteiger partial charge in [0.25, 0.3) is 0 Å². The fraction of sp³-hybridized carbons (Fsp3) is 0.150. The number of hydrogen-bond donors (Lipinski definition) is 2. The fourth-order valence-electron chi connectivity index (χ4n) is 2.75. The van der Waals surface area contributed by atoms with Crippen LogP contribution in [0.15, 0.2) is 53.9 Å². The molecule has 1 aromatic heterocycles. The quantitative estimate of drug-likeness (QED) is 0.573. The number of anilines is 1. The van der Waals surface area contributed by atoms with Gasteiger partial charge in [-0.2, -0.15) is 0 Å². The largest absolute Gasteiger partial charge is 0.481 e.